The van der Waals surface area contributed by atoms with Gasteiger partial charge in [0.25, 0.3) is 5.91 Å². The summed E-state index contributed by atoms with van der Waals surface area (Å²) in [5.74, 6) is 0.586. The number of esters is 1. The zero-order valence-electron chi connectivity index (χ0n) is 17.6. The van der Waals surface area contributed by atoms with Crippen LogP contribution in [-0.4, -0.2) is 32.2 Å². The maximum absolute atomic E-state index is 12.1. The molecule has 3 rings (SSSR count). The van der Waals surface area contributed by atoms with Gasteiger partial charge < -0.3 is 19.5 Å². The molecule has 0 saturated carbocycles. The zero-order valence-corrected chi connectivity index (χ0v) is 17.6. The normalized spacial score (nSPS) is 13.7. The van der Waals surface area contributed by atoms with Gasteiger partial charge in [-0.05, 0) is 73.6 Å². The largest absolute Gasteiger partial charge is 0.497 e. The van der Waals surface area contributed by atoms with Crippen molar-refractivity contribution < 1.29 is 23.8 Å². The summed E-state index contributed by atoms with van der Waals surface area (Å²) in [6, 6.07) is 13.4. The summed E-state index contributed by atoms with van der Waals surface area (Å²) in [6.07, 6.45) is 4.76. The van der Waals surface area contributed by atoms with E-state index in [4.69, 9.17) is 14.2 Å². The number of benzene rings is 2. The van der Waals surface area contributed by atoms with Gasteiger partial charge in [0.05, 0.1) is 26.2 Å². The van der Waals surface area contributed by atoms with Crippen molar-refractivity contribution in [1.29, 1.82) is 0 Å². The third kappa shape index (κ3) is 6.24. The molecule has 2 aromatic rings. The van der Waals surface area contributed by atoms with E-state index in [1.807, 2.05) is 6.92 Å². The van der Waals surface area contributed by atoms with E-state index in [1.54, 1.807) is 31.4 Å². The van der Waals surface area contributed by atoms with Crippen LogP contribution in [0.1, 0.15) is 48.9 Å². The van der Waals surface area contributed by atoms with Crippen molar-refractivity contribution >= 4 is 11.9 Å². The first-order valence-corrected chi connectivity index (χ1v) is 10.4. The maximum Gasteiger partial charge on any atom is 0.309 e. The molecule has 160 valence electrons. The highest BCUT2D eigenvalue weighted by molar-refractivity contribution is 5.80. The molecule has 1 atom stereocenters. The SMILES string of the molecule is COc1ccc(OCCC(=O)OCC(=O)NC(C)c2ccc3c(c2)CCCC3)cc1. The Morgan fingerprint density at radius 2 is 1.70 bits per heavy atom. The third-order valence-electron chi connectivity index (χ3n) is 5.25. The Hall–Kier alpha value is -3.02. The standard InChI is InChI=1S/C24H29NO5/c1-17(19-8-7-18-5-3-4-6-20(18)15-19)25-23(26)16-30-24(27)13-14-29-22-11-9-21(28-2)10-12-22/h7-12,15,17H,3-6,13-14,16H2,1-2H3,(H,25,26). The zero-order chi connectivity index (χ0) is 21.3. The minimum absolute atomic E-state index is 0.0691. The predicted octanol–water partition coefficient (Wildman–Crippen LogP) is 3.76. The van der Waals surface area contributed by atoms with Gasteiger partial charge >= 0.3 is 5.97 Å². The predicted molar refractivity (Wildman–Crippen MR) is 114 cm³/mol. The summed E-state index contributed by atoms with van der Waals surface area (Å²) in [7, 11) is 1.59. The van der Waals surface area contributed by atoms with E-state index in [1.165, 1.54) is 24.0 Å². The Morgan fingerprint density at radius 3 is 2.43 bits per heavy atom. The average Bonchev–Trinajstić information content (AvgIpc) is 2.77. The van der Waals surface area contributed by atoms with Crippen LogP contribution in [0.5, 0.6) is 11.5 Å². The molecule has 0 radical (unpaired) electrons. The van der Waals surface area contributed by atoms with E-state index < -0.39 is 5.97 Å². The fraction of sp³-hybridized carbons (Fsp3) is 0.417. The van der Waals surface area contributed by atoms with Crippen LogP contribution in [0.2, 0.25) is 0 Å². The lowest BCUT2D eigenvalue weighted by atomic mass is 9.89. The van der Waals surface area contributed by atoms with Gasteiger partial charge in [-0.1, -0.05) is 18.2 Å². The monoisotopic (exact) mass is 411 g/mol. The Morgan fingerprint density at radius 1 is 1.00 bits per heavy atom. The van der Waals surface area contributed by atoms with Crippen LogP contribution in [-0.2, 0) is 27.2 Å². The quantitative estimate of drug-likeness (QED) is 0.636. The van der Waals surface area contributed by atoms with Crippen LogP contribution in [0.4, 0.5) is 0 Å². The average molecular weight is 411 g/mol. The van der Waals surface area contributed by atoms with Crippen molar-refractivity contribution in [2.75, 3.05) is 20.3 Å². The first-order valence-electron chi connectivity index (χ1n) is 10.4. The van der Waals surface area contributed by atoms with Crippen LogP contribution in [0, 0.1) is 0 Å². The molecular weight excluding hydrogens is 382 g/mol. The van der Waals surface area contributed by atoms with Crippen LogP contribution in [0.3, 0.4) is 0 Å². The fourth-order valence-electron chi connectivity index (χ4n) is 3.53. The third-order valence-corrected chi connectivity index (χ3v) is 5.25. The van der Waals surface area contributed by atoms with Crippen molar-refractivity contribution in [2.45, 2.75) is 45.1 Å². The molecule has 1 unspecified atom stereocenters. The number of hydrogen-bond donors (Lipinski definition) is 1. The molecule has 30 heavy (non-hydrogen) atoms. The van der Waals surface area contributed by atoms with E-state index in [2.05, 4.69) is 23.5 Å². The highest BCUT2D eigenvalue weighted by Crippen LogP contribution is 2.24. The van der Waals surface area contributed by atoms with Gasteiger partial charge in [-0.15, -0.1) is 0 Å². The van der Waals surface area contributed by atoms with E-state index in [0.29, 0.717) is 5.75 Å². The first-order chi connectivity index (χ1) is 14.5. The number of amides is 1. The molecule has 0 spiro atoms. The molecule has 0 aliphatic heterocycles. The molecule has 0 aromatic heterocycles. The summed E-state index contributed by atoms with van der Waals surface area (Å²) in [5, 5.41) is 2.89. The number of aryl methyl sites for hydroxylation is 2. The van der Waals surface area contributed by atoms with E-state index in [9.17, 15) is 9.59 Å². The van der Waals surface area contributed by atoms with E-state index >= 15 is 0 Å². The molecule has 1 aliphatic rings. The number of carbonyl (C=O) groups excluding carboxylic acids is 2. The van der Waals surface area contributed by atoms with Gasteiger partial charge in [-0.25, -0.2) is 0 Å². The molecule has 1 aliphatic carbocycles. The van der Waals surface area contributed by atoms with Gasteiger partial charge in [0.1, 0.15) is 11.5 Å². The van der Waals surface area contributed by atoms with Crippen molar-refractivity contribution in [3.8, 4) is 11.5 Å². The lowest BCUT2D eigenvalue weighted by Crippen LogP contribution is -2.31. The number of methoxy groups -OCH3 is 1. The molecule has 0 fully saturated rings. The van der Waals surface area contributed by atoms with E-state index in [0.717, 1.165) is 24.2 Å². The minimum Gasteiger partial charge on any atom is -0.497 e. The molecule has 1 amide bonds. The molecule has 1 N–H and O–H groups in total. The second kappa shape index (κ2) is 10.7. The first kappa shape index (κ1) is 21.7. The number of fused-ring (bicyclic) bond motifs is 1. The lowest BCUT2D eigenvalue weighted by Gasteiger charge is -2.20. The minimum atomic E-state index is -0.472. The van der Waals surface area contributed by atoms with Crippen LogP contribution in [0.15, 0.2) is 42.5 Å². The summed E-state index contributed by atoms with van der Waals surface area (Å²) in [6.45, 7) is 1.82. The Kier molecular flexibility index (Phi) is 7.71. The fourth-order valence-corrected chi connectivity index (χ4v) is 3.53. The van der Waals surface area contributed by atoms with E-state index in [-0.39, 0.29) is 31.6 Å². The summed E-state index contributed by atoms with van der Waals surface area (Å²) in [4.78, 5) is 24.0. The number of carbonyl (C=O) groups is 2. The van der Waals surface area contributed by atoms with Gasteiger partial charge in [-0.2, -0.15) is 0 Å². The van der Waals surface area contributed by atoms with Crippen LogP contribution in [0.25, 0.3) is 0 Å². The topological polar surface area (TPSA) is 73.9 Å². The highest BCUT2D eigenvalue weighted by Gasteiger charge is 2.15. The van der Waals surface area contributed by atoms with Crippen molar-refractivity contribution in [3.63, 3.8) is 0 Å². The second-order valence-corrected chi connectivity index (χ2v) is 7.46. The van der Waals surface area contributed by atoms with Crippen molar-refractivity contribution in [2.24, 2.45) is 0 Å². The molecule has 0 bridgehead atoms. The molecule has 0 heterocycles. The van der Waals surface area contributed by atoms with Crippen LogP contribution >= 0.6 is 0 Å². The number of ether oxygens (including phenoxy) is 3. The molecule has 2 aromatic carbocycles. The summed E-state index contributed by atoms with van der Waals surface area (Å²) < 4.78 is 15.6. The van der Waals surface area contributed by atoms with Gasteiger partial charge in [0, 0.05) is 0 Å². The Labute approximate surface area is 177 Å². The van der Waals surface area contributed by atoms with Crippen LogP contribution < -0.4 is 14.8 Å². The Balaban J connectivity index is 1.36. The molecule has 6 heteroatoms. The number of rotatable bonds is 9. The summed E-state index contributed by atoms with van der Waals surface area (Å²) >= 11 is 0. The van der Waals surface area contributed by atoms with Gasteiger partial charge in [0.15, 0.2) is 6.61 Å². The lowest BCUT2D eigenvalue weighted by molar-refractivity contribution is -0.149. The molecule has 6 nitrogen and oxygen atoms in total. The van der Waals surface area contributed by atoms with Crippen molar-refractivity contribution in [3.05, 3.63) is 59.2 Å². The van der Waals surface area contributed by atoms with Crippen molar-refractivity contribution in [1.82, 2.24) is 5.32 Å². The van der Waals surface area contributed by atoms with Gasteiger partial charge in [-0.3, -0.25) is 9.59 Å². The van der Waals surface area contributed by atoms with Gasteiger partial charge in [0.2, 0.25) is 0 Å². The molecular formula is C24H29NO5. The number of nitrogens with one attached hydrogen (secondary N) is 1. The number of hydrogen-bond acceptors (Lipinski definition) is 5. The maximum atomic E-state index is 12.1. The highest BCUT2D eigenvalue weighted by atomic mass is 16.5. The summed E-state index contributed by atoms with van der Waals surface area (Å²) in [5.41, 5.74) is 3.86. The molecule has 0 saturated heterocycles. The smallest absolute Gasteiger partial charge is 0.309 e. The Bertz CT molecular complexity index is 862. The second-order valence-electron chi connectivity index (χ2n) is 7.46.